The maximum absolute atomic E-state index is 12.9. The molecule has 0 unspecified atom stereocenters. The predicted octanol–water partition coefficient (Wildman–Crippen LogP) is 4.65. The van der Waals surface area contributed by atoms with Crippen LogP contribution in [0.3, 0.4) is 0 Å². The summed E-state index contributed by atoms with van der Waals surface area (Å²) in [4.78, 5) is 44.0. The average Bonchev–Trinajstić information content (AvgIpc) is 2.98. The van der Waals surface area contributed by atoms with Gasteiger partial charge >= 0.3 is 0 Å². The minimum Gasteiger partial charge on any atom is -0.378 e. The van der Waals surface area contributed by atoms with Crippen molar-refractivity contribution in [3.8, 4) is 0 Å². The van der Waals surface area contributed by atoms with Gasteiger partial charge in [0.25, 0.3) is 11.8 Å². The van der Waals surface area contributed by atoms with Crippen LogP contribution in [0.1, 0.15) is 36.6 Å². The number of anilines is 3. The van der Waals surface area contributed by atoms with Gasteiger partial charge in [-0.2, -0.15) is 0 Å². The highest BCUT2D eigenvalue weighted by molar-refractivity contribution is 6.10. The lowest BCUT2D eigenvalue weighted by atomic mass is 10.0. The minimum atomic E-state index is -0.253. The summed E-state index contributed by atoms with van der Waals surface area (Å²) in [7, 11) is 0. The number of hydrogen-bond donors (Lipinski definition) is 2. The van der Waals surface area contributed by atoms with E-state index in [1.54, 1.807) is 85.2 Å². The number of nitrogens with one attached hydrogen (secondary N) is 2. The monoisotopic (exact) mass is 506 g/mol. The Kier molecular flexibility index (Phi) is 7.52. The molecule has 8 nitrogen and oxygen atoms in total. The Morgan fingerprint density at radius 2 is 1.05 bits per heavy atom. The normalized spacial score (nSPS) is 13.0. The highest BCUT2D eigenvalue weighted by Crippen LogP contribution is 2.19. The van der Waals surface area contributed by atoms with Gasteiger partial charge in [-0.3, -0.25) is 19.4 Å². The fourth-order valence-corrected chi connectivity index (χ4v) is 4.13. The van der Waals surface area contributed by atoms with Crippen LogP contribution in [-0.4, -0.2) is 48.9 Å². The molecule has 3 aromatic carbocycles. The lowest BCUT2D eigenvalue weighted by Gasteiger charge is -2.28. The number of morpholine rings is 1. The van der Waals surface area contributed by atoms with Gasteiger partial charge in [0.2, 0.25) is 0 Å². The lowest BCUT2D eigenvalue weighted by Crippen LogP contribution is -2.36. The zero-order valence-corrected chi connectivity index (χ0v) is 20.6. The second-order valence-electron chi connectivity index (χ2n) is 8.77. The number of amides is 2. The van der Waals surface area contributed by atoms with Crippen LogP contribution in [0.15, 0.2) is 97.3 Å². The minimum absolute atomic E-state index is 0.159. The summed E-state index contributed by atoms with van der Waals surface area (Å²) in [6, 6.07) is 24.2. The Hall–Kier alpha value is -4.82. The summed E-state index contributed by atoms with van der Waals surface area (Å²) < 4.78 is 5.39. The van der Waals surface area contributed by atoms with Crippen LogP contribution >= 0.6 is 0 Å². The topological polar surface area (TPSA) is 101 Å². The third-order valence-electron chi connectivity index (χ3n) is 6.26. The van der Waals surface area contributed by atoms with Crippen molar-refractivity contribution < 1.29 is 19.1 Å². The summed E-state index contributed by atoms with van der Waals surface area (Å²) in [6.07, 6.45) is 3.11. The first-order chi connectivity index (χ1) is 18.6. The fraction of sp³-hybridized carbons (Fsp3) is 0.133. The van der Waals surface area contributed by atoms with Crippen molar-refractivity contribution in [2.24, 2.45) is 0 Å². The summed E-state index contributed by atoms with van der Waals surface area (Å²) in [5, 5.41) is 5.67. The van der Waals surface area contributed by atoms with Crippen LogP contribution in [0, 0.1) is 0 Å². The number of carbonyl (C=O) groups is 3. The second kappa shape index (κ2) is 11.5. The molecule has 0 saturated carbocycles. The number of rotatable bonds is 7. The molecule has 1 aliphatic heterocycles. The zero-order valence-electron chi connectivity index (χ0n) is 20.6. The van der Waals surface area contributed by atoms with E-state index in [1.807, 2.05) is 12.1 Å². The second-order valence-corrected chi connectivity index (χ2v) is 8.77. The highest BCUT2D eigenvalue weighted by atomic mass is 16.5. The maximum Gasteiger partial charge on any atom is 0.255 e. The molecule has 2 heterocycles. The predicted molar refractivity (Wildman–Crippen MR) is 146 cm³/mol. The molecule has 1 aromatic heterocycles. The van der Waals surface area contributed by atoms with Gasteiger partial charge in [0, 0.05) is 64.8 Å². The summed E-state index contributed by atoms with van der Waals surface area (Å²) in [6.45, 7) is 3.09. The largest absolute Gasteiger partial charge is 0.378 e. The van der Waals surface area contributed by atoms with Crippen LogP contribution in [0.2, 0.25) is 0 Å². The Balaban J connectivity index is 1.17. The van der Waals surface area contributed by atoms with Crippen LogP contribution in [0.25, 0.3) is 0 Å². The molecular weight excluding hydrogens is 480 g/mol. The summed E-state index contributed by atoms with van der Waals surface area (Å²) in [5.41, 5.74) is 4.28. The van der Waals surface area contributed by atoms with E-state index >= 15 is 0 Å². The molecule has 190 valence electrons. The van der Waals surface area contributed by atoms with Gasteiger partial charge in [0.05, 0.1) is 13.2 Å². The summed E-state index contributed by atoms with van der Waals surface area (Å²) in [5.74, 6) is -0.632. The van der Waals surface area contributed by atoms with Crippen LogP contribution in [-0.2, 0) is 4.74 Å². The first-order valence-electron chi connectivity index (χ1n) is 12.3. The number of carbonyl (C=O) groups excluding carboxylic acids is 3. The van der Waals surface area contributed by atoms with Crippen molar-refractivity contribution in [1.82, 2.24) is 4.98 Å². The number of hydrogen-bond acceptors (Lipinski definition) is 6. The van der Waals surface area contributed by atoms with Crippen LogP contribution in [0.4, 0.5) is 17.1 Å². The molecule has 8 heteroatoms. The number of ketones is 1. The third-order valence-corrected chi connectivity index (χ3v) is 6.26. The lowest BCUT2D eigenvalue weighted by molar-refractivity contribution is 0.101. The molecule has 4 aromatic rings. The van der Waals surface area contributed by atoms with E-state index in [9.17, 15) is 14.4 Å². The molecule has 2 amide bonds. The Bertz CT molecular complexity index is 1410. The van der Waals surface area contributed by atoms with E-state index < -0.39 is 0 Å². The van der Waals surface area contributed by atoms with E-state index in [-0.39, 0.29) is 17.6 Å². The number of benzene rings is 3. The van der Waals surface area contributed by atoms with Gasteiger partial charge in [-0.1, -0.05) is 0 Å². The van der Waals surface area contributed by atoms with Crippen LogP contribution in [0.5, 0.6) is 0 Å². The highest BCUT2D eigenvalue weighted by Gasteiger charge is 2.14. The average molecular weight is 507 g/mol. The third kappa shape index (κ3) is 5.93. The number of ether oxygens (including phenoxy) is 1. The van der Waals surface area contributed by atoms with E-state index in [2.05, 4.69) is 20.5 Å². The smallest absolute Gasteiger partial charge is 0.255 e. The molecule has 5 rings (SSSR count). The summed E-state index contributed by atoms with van der Waals surface area (Å²) >= 11 is 0. The van der Waals surface area contributed by atoms with Gasteiger partial charge in [-0.05, 0) is 84.9 Å². The first kappa shape index (κ1) is 24.9. The van der Waals surface area contributed by atoms with Crippen molar-refractivity contribution >= 4 is 34.7 Å². The first-order valence-corrected chi connectivity index (χ1v) is 12.3. The van der Waals surface area contributed by atoms with Gasteiger partial charge in [-0.15, -0.1) is 0 Å². The molecule has 1 aliphatic rings. The number of nitrogens with zero attached hydrogens (tertiary/aromatic N) is 2. The van der Waals surface area contributed by atoms with Gasteiger partial charge in [0.1, 0.15) is 0 Å². The van der Waals surface area contributed by atoms with Gasteiger partial charge in [0.15, 0.2) is 5.78 Å². The Morgan fingerprint density at radius 1 is 0.605 bits per heavy atom. The zero-order chi connectivity index (χ0) is 26.3. The molecule has 0 aliphatic carbocycles. The van der Waals surface area contributed by atoms with Crippen LogP contribution < -0.4 is 15.5 Å². The standard InChI is InChI=1S/C30H26N4O4/c35-28(22-3-9-26(10-4-22)33-30(37)24-13-15-31-16-14-24)21-1-7-25(8-2-21)32-29(36)23-5-11-27(12-6-23)34-17-19-38-20-18-34/h1-16H,17-20H2,(H,32,36)(H,33,37). The Labute approximate surface area is 220 Å². The molecule has 0 radical (unpaired) electrons. The van der Waals surface area contributed by atoms with Crippen molar-refractivity contribution in [1.29, 1.82) is 0 Å². The SMILES string of the molecule is O=C(Nc1ccc(C(=O)c2ccc(NC(=O)c3ccc(N4CCOCC4)cc3)cc2)cc1)c1ccncc1. The number of pyridine rings is 1. The maximum atomic E-state index is 12.9. The van der Waals surface area contributed by atoms with E-state index in [0.717, 1.165) is 18.8 Å². The van der Waals surface area contributed by atoms with Crippen molar-refractivity contribution in [3.63, 3.8) is 0 Å². The number of aromatic nitrogens is 1. The molecule has 1 saturated heterocycles. The van der Waals surface area contributed by atoms with Crippen molar-refractivity contribution in [2.45, 2.75) is 0 Å². The molecular formula is C30H26N4O4. The Morgan fingerprint density at radius 3 is 1.55 bits per heavy atom. The molecule has 0 atom stereocenters. The van der Waals surface area contributed by atoms with Gasteiger partial charge < -0.3 is 20.3 Å². The van der Waals surface area contributed by atoms with Gasteiger partial charge in [-0.25, -0.2) is 0 Å². The molecule has 38 heavy (non-hydrogen) atoms. The molecule has 1 fully saturated rings. The van der Waals surface area contributed by atoms with E-state index in [1.165, 1.54) is 0 Å². The van der Waals surface area contributed by atoms with Crippen molar-refractivity contribution in [2.75, 3.05) is 41.8 Å². The van der Waals surface area contributed by atoms with E-state index in [0.29, 0.717) is 46.8 Å². The van der Waals surface area contributed by atoms with E-state index in [4.69, 9.17) is 4.74 Å². The quantitative estimate of drug-likeness (QED) is 0.354. The molecule has 2 N–H and O–H groups in total. The molecule has 0 bridgehead atoms. The van der Waals surface area contributed by atoms with Crippen molar-refractivity contribution in [3.05, 3.63) is 120 Å². The molecule has 0 spiro atoms. The fourth-order valence-electron chi connectivity index (χ4n) is 4.13.